The first-order valence-electron chi connectivity index (χ1n) is 5.57. The number of hydrogen-bond donors (Lipinski definition) is 0. The topological polar surface area (TPSA) is 35.0 Å². The summed E-state index contributed by atoms with van der Waals surface area (Å²) in [6.07, 6.45) is -3.14. The average Bonchev–Trinajstić information content (AvgIpc) is 2.37. The molecule has 3 nitrogen and oxygen atoms in total. The molecule has 0 aliphatic rings. The maximum Gasteiger partial charge on any atom is 0.416 e. The third kappa shape index (κ3) is 2.70. The van der Waals surface area contributed by atoms with E-state index < -0.39 is 11.7 Å². The molecular weight excluding hydrogens is 293 g/mol. The van der Waals surface area contributed by atoms with Crippen molar-refractivity contribution < 1.29 is 17.9 Å². The largest absolute Gasteiger partial charge is 0.491 e. The first-order valence-corrected chi connectivity index (χ1v) is 5.95. The van der Waals surface area contributed by atoms with E-state index >= 15 is 0 Å². The summed E-state index contributed by atoms with van der Waals surface area (Å²) in [5.74, 6) is 0.233. The molecule has 0 saturated heterocycles. The number of aromatic nitrogens is 2. The van der Waals surface area contributed by atoms with Crippen molar-refractivity contribution in [2.45, 2.75) is 13.1 Å². The highest BCUT2D eigenvalue weighted by Gasteiger charge is 2.31. The number of benzene rings is 1. The second kappa shape index (κ2) is 5.28. The standard InChI is InChI=1S/C13H10ClF3N2O/c1-7-5-8(13(15,16)17)3-4-9(7)10-11(20-2)12(14)19-6-18-10/h3-6H,1-2H3. The fraction of sp³-hybridized carbons (Fsp3) is 0.231. The molecule has 0 bridgehead atoms. The number of aryl methyl sites for hydroxylation is 1. The van der Waals surface area contributed by atoms with Crippen LogP contribution in [0.4, 0.5) is 13.2 Å². The van der Waals surface area contributed by atoms with E-state index in [1.807, 2.05) is 0 Å². The molecule has 0 atom stereocenters. The van der Waals surface area contributed by atoms with Crippen LogP contribution in [0, 0.1) is 6.92 Å². The summed E-state index contributed by atoms with van der Waals surface area (Å²) in [5, 5.41) is 0.108. The van der Waals surface area contributed by atoms with Gasteiger partial charge in [-0.1, -0.05) is 17.7 Å². The summed E-state index contributed by atoms with van der Waals surface area (Å²) in [4.78, 5) is 7.80. The lowest BCUT2D eigenvalue weighted by molar-refractivity contribution is -0.137. The predicted octanol–water partition coefficient (Wildman–Crippen LogP) is 4.13. The number of methoxy groups -OCH3 is 1. The Morgan fingerprint density at radius 2 is 1.90 bits per heavy atom. The summed E-state index contributed by atoms with van der Waals surface area (Å²) < 4.78 is 43.0. The van der Waals surface area contributed by atoms with Crippen LogP contribution in [0.15, 0.2) is 24.5 Å². The smallest absolute Gasteiger partial charge is 0.416 e. The first-order chi connectivity index (χ1) is 9.34. The van der Waals surface area contributed by atoms with E-state index in [4.69, 9.17) is 16.3 Å². The third-order valence-electron chi connectivity index (χ3n) is 2.77. The molecule has 0 amide bonds. The van der Waals surface area contributed by atoms with Crippen LogP contribution < -0.4 is 4.74 Å². The molecule has 1 aromatic heterocycles. The van der Waals surface area contributed by atoms with Gasteiger partial charge in [-0.25, -0.2) is 9.97 Å². The number of nitrogens with zero attached hydrogens (tertiary/aromatic N) is 2. The quantitative estimate of drug-likeness (QED) is 0.782. The molecule has 0 aliphatic heterocycles. The molecule has 2 aromatic rings. The molecule has 0 spiro atoms. The van der Waals surface area contributed by atoms with Gasteiger partial charge in [-0.2, -0.15) is 13.2 Å². The summed E-state index contributed by atoms with van der Waals surface area (Å²) in [5.41, 5.74) is 0.587. The normalized spacial score (nSPS) is 11.5. The SMILES string of the molecule is COc1c(Cl)ncnc1-c1ccc(C(F)(F)F)cc1C. The lowest BCUT2D eigenvalue weighted by atomic mass is 10.0. The Morgan fingerprint density at radius 1 is 1.20 bits per heavy atom. The Bertz CT molecular complexity index is 644. The number of ether oxygens (including phenoxy) is 1. The van der Waals surface area contributed by atoms with Crippen LogP contribution in [0.25, 0.3) is 11.3 Å². The minimum absolute atomic E-state index is 0.108. The molecular formula is C13H10ClF3N2O. The van der Waals surface area contributed by atoms with Crippen molar-refractivity contribution in [2.24, 2.45) is 0 Å². The molecule has 2 rings (SSSR count). The predicted molar refractivity (Wildman–Crippen MR) is 68.8 cm³/mol. The van der Waals surface area contributed by atoms with Gasteiger partial charge in [0.2, 0.25) is 0 Å². The number of halogens is 4. The summed E-state index contributed by atoms with van der Waals surface area (Å²) in [7, 11) is 1.40. The minimum Gasteiger partial charge on any atom is -0.491 e. The van der Waals surface area contributed by atoms with Gasteiger partial charge in [-0.15, -0.1) is 0 Å². The Balaban J connectivity index is 2.58. The fourth-order valence-electron chi connectivity index (χ4n) is 1.83. The average molecular weight is 303 g/mol. The van der Waals surface area contributed by atoms with Crippen LogP contribution in [-0.2, 0) is 6.18 Å². The minimum atomic E-state index is -4.38. The van der Waals surface area contributed by atoms with Crippen LogP contribution in [0.1, 0.15) is 11.1 Å². The van der Waals surface area contributed by atoms with Crippen molar-refractivity contribution >= 4 is 11.6 Å². The van der Waals surface area contributed by atoms with Gasteiger partial charge in [0.1, 0.15) is 12.0 Å². The van der Waals surface area contributed by atoms with E-state index in [-0.39, 0.29) is 10.9 Å². The fourth-order valence-corrected chi connectivity index (χ4v) is 2.04. The molecule has 0 radical (unpaired) electrons. The molecule has 0 fully saturated rings. The first kappa shape index (κ1) is 14.6. The monoisotopic (exact) mass is 302 g/mol. The van der Waals surface area contributed by atoms with Gasteiger partial charge in [-0.05, 0) is 24.6 Å². The van der Waals surface area contributed by atoms with E-state index in [1.54, 1.807) is 6.92 Å². The molecule has 106 valence electrons. The zero-order valence-corrected chi connectivity index (χ0v) is 11.4. The van der Waals surface area contributed by atoms with Gasteiger partial charge in [0.15, 0.2) is 10.9 Å². The van der Waals surface area contributed by atoms with Crippen molar-refractivity contribution in [1.29, 1.82) is 0 Å². The van der Waals surface area contributed by atoms with E-state index in [2.05, 4.69) is 9.97 Å². The Hall–Kier alpha value is -1.82. The van der Waals surface area contributed by atoms with Crippen LogP contribution in [-0.4, -0.2) is 17.1 Å². The summed E-state index contributed by atoms with van der Waals surface area (Å²) in [6, 6.07) is 3.40. The molecule has 0 saturated carbocycles. The van der Waals surface area contributed by atoms with E-state index in [9.17, 15) is 13.2 Å². The zero-order valence-electron chi connectivity index (χ0n) is 10.6. The van der Waals surface area contributed by atoms with Gasteiger partial charge in [-0.3, -0.25) is 0 Å². The van der Waals surface area contributed by atoms with Crippen LogP contribution in [0.5, 0.6) is 5.75 Å². The van der Waals surface area contributed by atoms with Crippen LogP contribution in [0.3, 0.4) is 0 Å². The van der Waals surface area contributed by atoms with Crippen molar-refractivity contribution in [3.63, 3.8) is 0 Å². The Kier molecular flexibility index (Phi) is 3.85. The lowest BCUT2D eigenvalue weighted by Crippen LogP contribution is -2.05. The third-order valence-corrected chi connectivity index (χ3v) is 3.04. The molecule has 1 aromatic carbocycles. The van der Waals surface area contributed by atoms with Gasteiger partial charge in [0.05, 0.1) is 12.7 Å². The van der Waals surface area contributed by atoms with E-state index in [1.165, 1.54) is 19.5 Å². The van der Waals surface area contributed by atoms with E-state index in [0.29, 0.717) is 16.8 Å². The highest BCUT2D eigenvalue weighted by Crippen LogP contribution is 2.37. The Morgan fingerprint density at radius 3 is 2.45 bits per heavy atom. The van der Waals surface area contributed by atoms with Gasteiger partial charge in [0.25, 0.3) is 0 Å². The molecule has 1 heterocycles. The van der Waals surface area contributed by atoms with Gasteiger partial charge in [0, 0.05) is 5.56 Å². The summed E-state index contributed by atoms with van der Waals surface area (Å²) >= 11 is 5.88. The van der Waals surface area contributed by atoms with Gasteiger partial charge >= 0.3 is 6.18 Å². The second-order valence-corrected chi connectivity index (χ2v) is 4.43. The number of alkyl halides is 3. The molecule has 20 heavy (non-hydrogen) atoms. The van der Waals surface area contributed by atoms with Crippen LogP contribution in [0.2, 0.25) is 5.15 Å². The van der Waals surface area contributed by atoms with Crippen molar-refractivity contribution in [3.8, 4) is 17.0 Å². The lowest BCUT2D eigenvalue weighted by Gasteiger charge is -2.13. The summed E-state index contributed by atoms with van der Waals surface area (Å²) in [6.45, 7) is 1.57. The van der Waals surface area contributed by atoms with Crippen molar-refractivity contribution in [1.82, 2.24) is 9.97 Å². The van der Waals surface area contributed by atoms with Crippen molar-refractivity contribution in [3.05, 3.63) is 40.8 Å². The molecule has 0 unspecified atom stereocenters. The molecule has 0 aliphatic carbocycles. The maximum absolute atomic E-state index is 12.6. The van der Waals surface area contributed by atoms with Crippen LogP contribution >= 0.6 is 11.6 Å². The number of hydrogen-bond acceptors (Lipinski definition) is 3. The number of rotatable bonds is 2. The molecule has 7 heteroatoms. The second-order valence-electron chi connectivity index (χ2n) is 4.07. The maximum atomic E-state index is 12.6. The zero-order chi connectivity index (χ0) is 14.9. The van der Waals surface area contributed by atoms with E-state index in [0.717, 1.165) is 12.1 Å². The highest BCUT2D eigenvalue weighted by molar-refractivity contribution is 6.31. The Labute approximate surface area is 118 Å². The molecule has 0 N–H and O–H groups in total. The highest BCUT2D eigenvalue weighted by atomic mass is 35.5. The van der Waals surface area contributed by atoms with Gasteiger partial charge < -0.3 is 4.74 Å². The van der Waals surface area contributed by atoms with Crippen molar-refractivity contribution in [2.75, 3.05) is 7.11 Å².